The number of nitrogens with zero attached hydrogens (tertiary/aromatic N) is 2. The summed E-state index contributed by atoms with van der Waals surface area (Å²) < 4.78 is 17.2. The smallest absolute Gasteiger partial charge is 0.291 e. The minimum Gasteiger partial charge on any atom is -0.488 e. The molecule has 2 atom stereocenters. The average molecular weight is 363 g/mol. The van der Waals surface area contributed by atoms with Gasteiger partial charge in [0.25, 0.3) is 5.91 Å². The molecule has 0 aliphatic carbocycles. The monoisotopic (exact) mass is 362 g/mol. The van der Waals surface area contributed by atoms with Crippen molar-refractivity contribution >= 4 is 17.5 Å². The molecule has 0 saturated carbocycles. The Kier molecular flexibility index (Phi) is 4.39. The normalized spacial score (nSPS) is 26.1. The molecule has 2 aliphatic heterocycles. The van der Waals surface area contributed by atoms with E-state index in [0.29, 0.717) is 24.7 Å². The number of halogens is 1. The highest BCUT2D eigenvalue weighted by Gasteiger charge is 2.45. The van der Waals surface area contributed by atoms with E-state index in [4.69, 9.17) is 25.5 Å². The van der Waals surface area contributed by atoms with Crippen LogP contribution in [0.3, 0.4) is 0 Å². The van der Waals surface area contributed by atoms with Gasteiger partial charge in [0.05, 0.1) is 24.9 Å². The third-order valence-electron chi connectivity index (χ3n) is 4.74. The molecule has 0 N–H and O–H groups in total. The Labute approximate surface area is 150 Å². The molecule has 4 rings (SSSR count). The van der Waals surface area contributed by atoms with Crippen LogP contribution in [-0.2, 0) is 4.74 Å². The van der Waals surface area contributed by atoms with Gasteiger partial charge in [0.15, 0.2) is 6.39 Å². The Bertz CT molecular complexity index is 751. The number of benzene rings is 1. The Morgan fingerprint density at radius 3 is 3.16 bits per heavy atom. The standard InChI is InChI=1S/C18H19ClN2O4/c19-13-3-1-4-14(7-13)25-15-8-18(24-10-15)5-2-6-21(11-18)17(22)16-9-20-12-23-16/h1,3-4,7,9,12,15H,2,5-6,8,10-11H2/t15-,18-/m1/s1. The molecule has 7 heteroatoms. The molecule has 6 nitrogen and oxygen atoms in total. The summed E-state index contributed by atoms with van der Waals surface area (Å²) in [7, 11) is 0. The van der Waals surface area contributed by atoms with Crippen LogP contribution in [-0.4, -0.2) is 47.2 Å². The summed E-state index contributed by atoms with van der Waals surface area (Å²) in [6, 6.07) is 7.36. The number of rotatable bonds is 3. The van der Waals surface area contributed by atoms with E-state index in [1.165, 1.54) is 12.6 Å². The van der Waals surface area contributed by atoms with Crippen molar-refractivity contribution in [1.29, 1.82) is 0 Å². The summed E-state index contributed by atoms with van der Waals surface area (Å²) in [4.78, 5) is 18.1. The van der Waals surface area contributed by atoms with E-state index < -0.39 is 0 Å². The van der Waals surface area contributed by atoms with Crippen LogP contribution in [0.15, 0.2) is 41.3 Å². The van der Waals surface area contributed by atoms with Crippen LogP contribution in [0.5, 0.6) is 5.75 Å². The van der Waals surface area contributed by atoms with Crippen LogP contribution >= 0.6 is 11.6 Å². The van der Waals surface area contributed by atoms with Crippen LogP contribution in [0.25, 0.3) is 0 Å². The fourth-order valence-corrected chi connectivity index (χ4v) is 3.82. The van der Waals surface area contributed by atoms with E-state index in [-0.39, 0.29) is 23.4 Å². The lowest BCUT2D eigenvalue weighted by Crippen LogP contribution is -2.50. The first-order chi connectivity index (χ1) is 12.1. The lowest BCUT2D eigenvalue weighted by atomic mass is 9.89. The third-order valence-corrected chi connectivity index (χ3v) is 4.98. The van der Waals surface area contributed by atoms with E-state index in [9.17, 15) is 4.79 Å². The van der Waals surface area contributed by atoms with Gasteiger partial charge >= 0.3 is 0 Å². The first-order valence-corrected chi connectivity index (χ1v) is 8.75. The Hall–Kier alpha value is -2.05. The molecular weight excluding hydrogens is 344 g/mol. The molecular formula is C18H19ClN2O4. The molecule has 1 amide bonds. The number of aromatic nitrogens is 1. The van der Waals surface area contributed by atoms with E-state index >= 15 is 0 Å². The molecule has 2 aromatic rings. The van der Waals surface area contributed by atoms with Crippen LogP contribution in [0.4, 0.5) is 0 Å². The van der Waals surface area contributed by atoms with Gasteiger partial charge in [0, 0.05) is 18.0 Å². The number of oxazole rings is 1. The van der Waals surface area contributed by atoms with Gasteiger partial charge in [-0.2, -0.15) is 0 Å². The third kappa shape index (κ3) is 3.50. The Morgan fingerprint density at radius 2 is 2.36 bits per heavy atom. The summed E-state index contributed by atoms with van der Waals surface area (Å²) in [5, 5.41) is 0.646. The molecule has 2 saturated heterocycles. The number of likely N-dealkylation sites (tertiary alicyclic amines) is 1. The molecule has 1 aromatic carbocycles. The Morgan fingerprint density at radius 1 is 1.44 bits per heavy atom. The summed E-state index contributed by atoms with van der Waals surface area (Å²) in [6.45, 7) is 1.75. The Balaban J connectivity index is 1.41. The van der Waals surface area contributed by atoms with Gasteiger partial charge in [-0.05, 0) is 31.0 Å². The van der Waals surface area contributed by atoms with Crippen molar-refractivity contribution in [2.45, 2.75) is 31.0 Å². The first-order valence-electron chi connectivity index (χ1n) is 8.38. The molecule has 0 bridgehead atoms. The van der Waals surface area contributed by atoms with Gasteiger partial charge in [0.1, 0.15) is 11.9 Å². The van der Waals surface area contributed by atoms with Crippen molar-refractivity contribution < 1.29 is 18.7 Å². The van der Waals surface area contributed by atoms with Crippen LogP contribution in [0.2, 0.25) is 5.02 Å². The predicted molar refractivity (Wildman–Crippen MR) is 90.8 cm³/mol. The topological polar surface area (TPSA) is 64.8 Å². The highest BCUT2D eigenvalue weighted by molar-refractivity contribution is 6.30. The molecule has 2 aliphatic rings. The minimum absolute atomic E-state index is 0.0428. The second-order valence-corrected chi connectivity index (χ2v) is 7.03. The van der Waals surface area contributed by atoms with Gasteiger partial charge in [-0.25, -0.2) is 4.98 Å². The maximum atomic E-state index is 12.5. The van der Waals surface area contributed by atoms with E-state index in [2.05, 4.69) is 4.98 Å². The quantitative estimate of drug-likeness (QED) is 0.839. The maximum absolute atomic E-state index is 12.5. The van der Waals surface area contributed by atoms with E-state index in [1.807, 2.05) is 18.2 Å². The summed E-state index contributed by atoms with van der Waals surface area (Å²) in [5.74, 6) is 0.865. The zero-order chi connectivity index (χ0) is 17.3. The number of piperidine rings is 1. The van der Waals surface area contributed by atoms with Gasteiger partial charge in [-0.1, -0.05) is 17.7 Å². The molecule has 1 spiro atoms. The lowest BCUT2D eigenvalue weighted by molar-refractivity contribution is -0.0458. The SMILES string of the molecule is O=C(c1cnco1)N1CCC[C@@]2(C[C@@H](Oc3cccc(Cl)c3)CO2)C1. The molecule has 1 aromatic heterocycles. The molecule has 2 fully saturated rings. The molecule has 25 heavy (non-hydrogen) atoms. The van der Waals surface area contributed by atoms with E-state index in [0.717, 1.165) is 25.0 Å². The number of hydrogen-bond acceptors (Lipinski definition) is 5. The van der Waals surface area contributed by atoms with Crippen molar-refractivity contribution in [1.82, 2.24) is 9.88 Å². The van der Waals surface area contributed by atoms with Crippen molar-refractivity contribution in [2.75, 3.05) is 19.7 Å². The van der Waals surface area contributed by atoms with Crippen LogP contribution < -0.4 is 4.74 Å². The predicted octanol–water partition coefficient (Wildman–Crippen LogP) is 3.17. The lowest BCUT2D eigenvalue weighted by Gasteiger charge is -2.39. The van der Waals surface area contributed by atoms with Gasteiger partial charge in [0.2, 0.25) is 5.76 Å². The number of hydrogen-bond donors (Lipinski definition) is 0. The summed E-state index contributed by atoms with van der Waals surface area (Å²) in [6.07, 6.45) is 5.24. The van der Waals surface area contributed by atoms with Crippen molar-refractivity contribution in [3.8, 4) is 5.75 Å². The number of carbonyl (C=O) groups excluding carboxylic acids is 1. The minimum atomic E-state index is -0.350. The van der Waals surface area contributed by atoms with Crippen molar-refractivity contribution in [2.24, 2.45) is 0 Å². The molecule has 0 radical (unpaired) electrons. The van der Waals surface area contributed by atoms with E-state index in [1.54, 1.807) is 11.0 Å². The number of ether oxygens (including phenoxy) is 2. The van der Waals surface area contributed by atoms with Crippen LogP contribution in [0, 0.1) is 0 Å². The summed E-state index contributed by atoms with van der Waals surface area (Å²) in [5.41, 5.74) is -0.350. The molecule has 0 unspecified atom stereocenters. The largest absolute Gasteiger partial charge is 0.488 e. The second kappa shape index (κ2) is 6.69. The maximum Gasteiger partial charge on any atom is 0.291 e. The zero-order valence-corrected chi connectivity index (χ0v) is 14.4. The fraction of sp³-hybridized carbons (Fsp3) is 0.444. The fourth-order valence-electron chi connectivity index (χ4n) is 3.64. The van der Waals surface area contributed by atoms with Gasteiger partial charge in [-0.3, -0.25) is 4.79 Å². The van der Waals surface area contributed by atoms with Crippen LogP contribution in [0.1, 0.15) is 29.8 Å². The molecule has 3 heterocycles. The zero-order valence-electron chi connectivity index (χ0n) is 13.7. The first kappa shape index (κ1) is 16.4. The summed E-state index contributed by atoms with van der Waals surface area (Å²) >= 11 is 6.01. The molecule has 132 valence electrons. The average Bonchev–Trinajstić information content (AvgIpc) is 3.25. The highest BCUT2D eigenvalue weighted by atomic mass is 35.5. The van der Waals surface area contributed by atoms with Gasteiger partial charge < -0.3 is 18.8 Å². The second-order valence-electron chi connectivity index (χ2n) is 6.59. The van der Waals surface area contributed by atoms with Crippen molar-refractivity contribution in [3.63, 3.8) is 0 Å². The van der Waals surface area contributed by atoms with Gasteiger partial charge in [-0.15, -0.1) is 0 Å². The van der Waals surface area contributed by atoms with Crippen molar-refractivity contribution in [3.05, 3.63) is 47.6 Å². The number of amides is 1. The highest BCUT2D eigenvalue weighted by Crippen LogP contribution is 2.36. The number of carbonyl (C=O) groups is 1.